The highest BCUT2D eigenvalue weighted by atomic mass is 16.6. The Morgan fingerprint density at radius 1 is 1.33 bits per heavy atom. The van der Waals surface area contributed by atoms with Crippen LogP contribution in [0.1, 0.15) is 36.6 Å². The normalized spacial score (nSPS) is 12.0. The summed E-state index contributed by atoms with van der Waals surface area (Å²) in [6.45, 7) is 5.81. The van der Waals surface area contributed by atoms with Crippen molar-refractivity contribution in [2.45, 2.75) is 33.2 Å². The van der Waals surface area contributed by atoms with Crippen LogP contribution < -0.4 is 5.32 Å². The fourth-order valence-electron chi connectivity index (χ4n) is 2.14. The van der Waals surface area contributed by atoms with Crippen LogP contribution >= 0.6 is 0 Å². The molecule has 0 aliphatic carbocycles. The minimum atomic E-state index is -0.386. The van der Waals surface area contributed by atoms with Crippen LogP contribution in [0.15, 0.2) is 36.5 Å². The Bertz CT molecular complexity index is 638. The summed E-state index contributed by atoms with van der Waals surface area (Å²) in [5, 5.41) is 14.2. The van der Waals surface area contributed by atoms with Gasteiger partial charge in [0, 0.05) is 17.8 Å². The van der Waals surface area contributed by atoms with Gasteiger partial charge in [-0.3, -0.25) is 10.1 Å². The number of anilines is 1. The number of hydrogen-bond donors (Lipinski definition) is 1. The molecule has 5 nitrogen and oxygen atoms in total. The third kappa shape index (κ3) is 3.56. The summed E-state index contributed by atoms with van der Waals surface area (Å²) < 4.78 is 0. The van der Waals surface area contributed by atoms with Gasteiger partial charge in [-0.1, -0.05) is 31.2 Å². The number of benzene rings is 1. The third-order valence-electron chi connectivity index (χ3n) is 3.52. The van der Waals surface area contributed by atoms with Crippen LogP contribution in [0, 0.1) is 17.0 Å². The minimum absolute atomic E-state index is 0.0331. The molecule has 0 fully saturated rings. The molecule has 1 aromatic carbocycles. The molecule has 110 valence electrons. The summed E-state index contributed by atoms with van der Waals surface area (Å²) >= 11 is 0. The van der Waals surface area contributed by atoms with E-state index >= 15 is 0 Å². The van der Waals surface area contributed by atoms with Crippen LogP contribution in [0.25, 0.3) is 0 Å². The third-order valence-corrected chi connectivity index (χ3v) is 3.52. The molecule has 1 heterocycles. The molecule has 0 saturated heterocycles. The zero-order valence-corrected chi connectivity index (χ0v) is 12.5. The van der Waals surface area contributed by atoms with Gasteiger partial charge >= 0.3 is 0 Å². The summed E-state index contributed by atoms with van der Waals surface area (Å²) in [5.74, 6) is 0.513. The number of aromatic nitrogens is 1. The first kappa shape index (κ1) is 15.0. The largest absolute Gasteiger partial charge is 0.363 e. The smallest absolute Gasteiger partial charge is 0.277 e. The van der Waals surface area contributed by atoms with E-state index in [2.05, 4.69) is 41.5 Å². The molecule has 0 aliphatic rings. The Labute approximate surface area is 124 Å². The first-order chi connectivity index (χ1) is 10.0. The van der Waals surface area contributed by atoms with Crippen LogP contribution in [0.4, 0.5) is 11.5 Å². The Hall–Kier alpha value is -2.43. The minimum Gasteiger partial charge on any atom is -0.363 e. The number of nitrogens with one attached hydrogen (secondary N) is 1. The SMILES string of the molecule is CCc1ccc(C(C)Nc2cc([N+](=O)[O-])c(C)cn2)cc1. The summed E-state index contributed by atoms with van der Waals surface area (Å²) in [5.41, 5.74) is 3.05. The lowest BCUT2D eigenvalue weighted by molar-refractivity contribution is -0.385. The molecular formula is C16H19N3O2. The van der Waals surface area contributed by atoms with Crippen LogP contribution in [0.2, 0.25) is 0 Å². The van der Waals surface area contributed by atoms with Gasteiger partial charge in [0.25, 0.3) is 5.69 Å². The monoisotopic (exact) mass is 285 g/mol. The van der Waals surface area contributed by atoms with Gasteiger partial charge in [-0.25, -0.2) is 4.98 Å². The van der Waals surface area contributed by atoms with E-state index in [0.29, 0.717) is 11.4 Å². The lowest BCUT2D eigenvalue weighted by Crippen LogP contribution is -2.08. The van der Waals surface area contributed by atoms with Crippen molar-refractivity contribution < 1.29 is 4.92 Å². The molecule has 5 heteroatoms. The summed E-state index contributed by atoms with van der Waals surface area (Å²) in [6, 6.07) is 9.84. The number of rotatable bonds is 5. The lowest BCUT2D eigenvalue weighted by Gasteiger charge is -2.15. The highest BCUT2D eigenvalue weighted by Gasteiger charge is 2.13. The van der Waals surface area contributed by atoms with E-state index in [9.17, 15) is 10.1 Å². The molecule has 0 saturated carbocycles. The molecule has 2 aromatic rings. The van der Waals surface area contributed by atoms with Crippen LogP contribution in [-0.4, -0.2) is 9.91 Å². The van der Waals surface area contributed by atoms with Crippen molar-refractivity contribution in [2.75, 3.05) is 5.32 Å². The van der Waals surface area contributed by atoms with E-state index < -0.39 is 0 Å². The van der Waals surface area contributed by atoms with Gasteiger partial charge in [0.15, 0.2) is 0 Å². The predicted molar refractivity (Wildman–Crippen MR) is 83.5 cm³/mol. The maximum Gasteiger partial charge on any atom is 0.277 e. The van der Waals surface area contributed by atoms with Crippen LogP contribution in [0.3, 0.4) is 0 Å². The zero-order valence-electron chi connectivity index (χ0n) is 12.5. The van der Waals surface area contributed by atoms with E-state index in [1.807, 2.05) is 6.92 Å². The van der Waals surface area contributed by atoms with Crippen molar-refractivity contribution in [3.63, 3.8) is 0 Å². The molecule has 0 spiro atoms. The molecule has 21 heavy (non-hydrogen) atoms. The van der Waals surface area contributed by atoms with E-state index in [1.165, 1.54) is 17.8 Å². The Morgan fingerprint density at radius 2 is 2.00 bits per heavy atom. The Kier molecular flexibility index (Phi) is 4.52. The molecule has 0 bridgehead atoms. The van der Waals surface area contributed by atoms with Gasteiger partial charge in [-0.05, 0) is 31.4 Å². The molecule has 1 unspecified atom stereocenters. The van der Waals surface area contributed by atoms with E-state index in [-0.39, 0.29) is 16.7 Å². The number of nitrogens with zero attached hydrogens (tertiary/aromatic N) is 2. The number of hydrogen-bond acceptors (Lipinski definition) is 4. The fourth-order valence-corrected chi connectivity index (χ4v) is 2.14. The second-order valence-electron chi connectivity index (χ2n) is 5.07. The van der Waals surface area contributed by atoms with Gasteiger partial charge < -0.3 is 5.32 Å². The molecule has 1 N–H and O–H groups in total. The van der Waals surface area contributed by atoms with E-state index in [0.717, 1.165) is 12.0 Å². The Morgan fingerprint density at radius 3 is 2.57 bits per heavy atom. The van der Waals surface area contributed by atoms with Crippen molar-refractivity contribution in [3.05, 3.63) is 63.3 Å². The first-order valence-corrected chi connectivity index (χ1v) is 6.97. The van der Waals surface area contributed by atoms with Crippen molar-refractivity contribution in [1.29, 1.82) is 0 Å². The Balaban J connectivity index is 2.16. The molecular weight excluding hydrogens is 266 g/mol. The van der Waals surface area contributed by atoms with Crippen molar-refractivity contribution in [1.82, 2.24) is 4.98 Å². The van der Waals surface area contributed by atoms with Gasteiger partial charge in [-0.2, -0.15) is 0 Å². The molecule has 0 amide bonds. The molecule has 2 rings (SSSR count). The molecule has 1 aromatic heterocycles. The molecule has 0 aliphatic heterocycles. The van der Waals surface area contributed by atoms with Gasteiger partial charge in [0.05, 0.1) is 11.0 Å². The van der Waals surface area contributed by atoms with Crippen LogP contribution in [-0.2, 0) is 6.42 Å². The average molecular weight is 285 g/mol. The maximum absolute atomic E-state index is 11.0. The van der Waals surface area contributed by atoms with Crippen molar-refractivity contribution in [3.8, 4) is 0 Å². The van der Waals surface area contributed by atoms with Gasteiger partial charge in [-0.15, -0.1) is 0 Å². The second kappa shape index (κ2) is 6.35. The standard InChI is InChI=1S/C16H19N3O2/c1-4-13-5-7-14(8-6-13)12(3)18-16-9-15(19(20)21)11(2)10-17-16/h5-10,12H,4H2,1-3H3,(H,17,18). The van der Waals surface area contributed by atoms with Crippen molar-refractivity contribution in [2.24, 2.45) is 0 Å². The summed E-state index contributed by atoms with van der Waals surface area (Å²) in [6.07, 6.45) is 2.53. The number of pyridine rings is 1. The quantitative estimate of drug-likeness (QED) is 0.665. The fraction of sp³-hybridized carbons (Fsp3) is 0.312. The van der Waals surface area contributed by atoms with Gasteiger partial charge in [0.2, 0.25) is 0 Å². The second-order valence-corrected chi connectivity index (χ2v) is 5.07. The number of nitro groups is 1. The van der Waals surface area contributed by atoms with Gasteiger partial charge in [0.1, 0.15) is 5.82 Å². The highest BCUT2D eigenvalue weighted by molar-refractivity contribution is 5.50. The average Bonchev–Trinajstić information content (AvgIpc) is 2.49. The predicted octanol–water partition coefficient (Wildman–Crippen LogP) is 4.03. The maximum atomic E-state index is 11.0. The van der Waals surface area contributed by atoms with Crippen LogP contribution in [0.5, 0.6) is 0 Å². The highest BCUT2D eigenvalue weighted by Crippen LogP contribution is 2.23. The molecule has 1 atom stereocenters. The lowest BCUT2D eigenvalue weighted by atomic mass is 10.0. The van der Waals surface area contributed by atoms with Crippen molar-refractivity contribution >= 4 is 11.5 Å². The summed E-state index contributed by atoms with van der Waals surface area (Å²) in [4.78, 5) is 14.8. The summed E-state index contributed by atoms with van der Waals surface area (Å²) in [7, 11) is 0. The first-order valence-electron chi connectivity index (χ1n) is 6.97. The molecule has 0 radical (unpaired) electrons. The topological polar surface area (TPSA) is 68.1 Å². The number of aryl methyl sites for hydroxylation is 2. The van der Waals surface area contributed by atoms with E-state index in [4.69, 9.17) is 0 Å². The van der Waals surface area contributed by atoms with E-state index in [1.54, 1.807) is 6.92 Å². The zero-order chi connectivity index (χ0) is 15.4.